The third-order valence-corrected chi connectivity index (χ3v) is 4.55. The van der Waals surface area contributed by atoms with E-state index in [0.29, 0.717) is 17.1 Å². The molecule has 0 radical (unpaired) electrons. The van der Waals surface area contributed by atoms with Gasteiger partial charge in [-0.25, -0.2) is 0 Å². The molecule has 0 saturated heterocycles. The predicted molar refractivity (Wildman–Crippen MR) is 119 cm³/mol. The maximum atomic E-state index is 12.7. The Morgan fingerprint density at radius 2 is 1.59 bits per heavy atom. The molecular weight excluding hydrogens is 384 g/mol. The van der Waals surface area contributed by atoms with E-state index in [0.717, 1.165) is 31.4 Å². The first-order valence-corrected chi connectivity index (χ1v) is 10.2. The molecule has 0 bridgehead atoms. The zero-order valence-electron chi connectivity index (χ0n) is 16.6. The van der Waals surface area contributed by atoms with Crippen molar-refractivity contribution >= 4 is 29.1 Å². The van der Waals surface area contributed by atoms with Gasteiger partial charge in [-0.1, -0.05) is 68.3 Å². The van der Waals surface area contributed by atoms with Crippen LogP contribution in [-0.2, 0) is 11.2 Å². The highest BCUT2D eigenvalue weighted by atomic mass is 32.1. The van der Waals surface area contributed by atoms with E-state index in [4.69, 9.17) is 12.2 Å². The second-order valence-electron chi connectivity index (χ2n) is 6.66. The molecule has 0 unspecified atom stereocenters. The third-order valence-electron chi connectivity index (χ3n) is 4.31. The maximum absolute atomic E-state index is 12.7. The molecule has 0 fully saturated rings. The van der Waals surface area contributed by atoms with Gasteiger partial charge in [0.15, 0.2) is 5.11 Å². The summed E-state index contributed by atoms with van der Waals surface area (Å²) in [5.74, 6) is -0.669. The minimum Gasteiger partial charge on any atom is -0.361 e. The fourth-order valence-corrected chi connectivity index (χ4v) is 2.87. The van der Waals surface area contributed by atoms with Crippen LogP contribution in [0.25, 0.3) is 0 Å². The number of hydrogen-bond donors (Lipinski definition) is 4. The first kappa shape index (κ1) is 22.4. The van der Waals surface area contributed by atoms with Crippen LogP contribution in [0.2, 0.25) is 0 Å². The smallest absolute Gasteiger partial charge is 0.261 e. The molecule has 2 amide bonds. The Morgan fingerprint density at radius 3 is 2.24 bits per heavy atom. The molecule has 2 aromatic rings. The van der Waals surface area contributed by atoms with Crippen molar-refractivity contribution in [3.8, 4) is 0 Å². The van der Waals surface area contributed by atoms with E-state index in [1.807, 2.05) is 36.4 Å². The Morgan fingerprint density at radius 1 is 0.931 bits per heavy atom. The van der Waals surface area contributed by atoms with Crippen molar-refractivity contribution in [3.63, 3.8) is 0 Å². The van der Waals surface area contributed by atoms with Crippen LogP contribution < -0.4 is 21.5 Å². The first-order chi connectivity index (χ1) is 14.1. The van der Waals surface area contributed by atoms with Crippen molar-refractivity contribution in [1.82, 2.24) is 21.5 Å². The summed E-state index contributed by atoms with van der Waals surface area (Å²) in [4.78, 5) is 25.3. The van der Waals surface area contributed by atoms with Gasteiger partial charge in [0.2, 0.25) is 0 Å². The molecule has 7 heteroatoms. The van der Waals surface area contributed by atoms with Gasteiger partial charge in [-0.05, 0) is 36.3 Å². The lowest BCUT2D eigenvalue weighted by molar-refractivity contribution is -0.123. The van der Waals surface area contributed by atoms with Gasteiger partial charge in [-0.2, -0.15) is 0 Å². The minimum atomic E-state index is -0.750. The van der Waals surface area contributed by atoms with Gasteiger partial charge >= 0.3 is 0 Å². The Labute approximate surface area is 177 Å². The number of nitrogens with one attached hydrogen (secondary N) is 4. The average Bonchev–Trinajstić information content (AvgIpc) is 2.76. The van der Waals surface area contributed by atoms with E-state index in [-0.39, 0.29) is 11.8 Å². The van der Waals surface area contributed by atoms with Crippen molar-refractivity contribution in [2.24, 2.45) is 0 Å². The van der Waals surface area contributed by atoms with E-state index in [9.17, 15) is 9.59 Å². The largest absolute Gasteiger partial charge is 0.361 e. The number of thiocarbonyl (C=S) groups is 1. The summed E-state index contributed by atoms with van der Waals surface area (Å²) >= 11 is 5.18. The van der Waals surface area contributed by atoms with Crippen molar-refractivity contribution in [3.05, 3.63) is 71.8 Å². The van der Waals surface area contributed by atoms with Crippen LogP contribution in [0.5, 0.6) is 0 Å². The number of rotatable bonds is 9. The zero-order chi connectivity index (χ0) is 20.9. The quantitative estimate of drug-likeness (QED) is 0.289. The van der Waals surface area contributed by atoms with Gasteiger partial charge in [-0.15, -0.1) is 0 Å². The summed E-state index contributed by atoms with van der Waals surface area (Å²) in [6.07, 6.45) is 3.62. The Bertz CT molecular complexity index is 784. The summed E-state index contributed by atoms with van der Waals surface area (Å²) in [6.45, 7) is 2.88. The summed E-state index contributed by atoms with van der Waals surface area (Å²) < 4.78 is 0. The molecule has 0 spiro atoms. The minimum absolute atomic E-state index is 0.304. The molecule has 0 heterocycles. The molecular formula is C22H28N4O2S. The van der Waals surface area contributed by atoms with Gasteiger partial charge in [0, 0.05) is 18.5 Å². The second kappa shape index (κ2) is 12.5. The number of hydrogen-bond acceptors (Lipinski definition) is 3. The molecule has 4 N–H and O–H groups in total. The number of unbranched alkanes of at least 4 members (excludes halogenated alkanes) is 2. The summed E-state index contributed by atoms with van der Waals surface area (Å²) in [7, 11) is 0. The normalized spacial score (nSPS) is 11.2. The van der Waals surface area contributed by atoms with Gasteiger partial charge in [-0.3, -0.25) is 20.4 Å². The Balaban J connectivity index is 1.95. The molecule has 1 atom stereocenters. The van der Waals surface area contributed by atoms with Crippen molar-refractivity contribution in [2.75, 3.05) is 6.54 Å². The SMILES string of the molecule is CCCCCNC(=S)NNC(=O)[C@@H](Cc1ccccc1)NC(=O)c1ccccc1. The molecule has 2 rings (SSSR count). The topological polar surface area (TPSA) is 82.3 Å². The predicted octanol–water partition coefficient (Wildman–Crippen LogP) is 2.71. The number of hydrazine groups is 1. The highest BCUT2D eigenvalue weighted by Gasteiger charge is 2.22. The van der Waals surface area contributed by atoms with E-state index in [1.54, 1.807) is 24.3 Å². The summed E-state index contributed by atoms with van der Waals surface area (Å²) in [5, 5.41) is 6.21. The van der Waals surface area contributed by atoms with E-state index in [2.05, 4.69) is 28.4 Å². The van der Waals surface area contributed by atoms with E-state index < -0.39 is 6.04 Å². The molecule has 0 saturated carbocycles. The highest BCUT2D eigenvalue weighted by Crippen LogP contribution is 2.05. The molecule has 154 valence electrons. The fourth-order valence-electron chi connectivity index (χ4n) is 2.72. The van der Waals surface area contributed by atoms with Crippen molar-refractivity contribution in [2.45, 2.75) is 38.6 Å². The Kier molecular flexibility index (Phi) is 9.65. The molecule has 0 aliphatic carbocycles. The molecule has 0 aliphatic heterocycles. The van der Waals surface area contributed by atoms with Crippen LogP contribution in [-0.4, -0.2) is 29.5 Å². The standard InChI is InChI=1S/C22H28N4O2S/c1-2-3-10-15-23-22(29)26-25-21(28)19(16-17-11-6-4-7-12-17)24-20(27)18-13-8-5-9-14-18/h4-9,11-14,19H,2-3,10,15-16H2,1H3,(H,24,27)(H,25,28)(H2,23,26,29)/t19-/m1/s1. The lowest BCUT2D eigenvalue weighted by atomic mass is 10.0. The molecule has 6 nitrogen and oxygen atoms in total. The van der Waals surface area contributed by atoms with Crippen molar-refractivity contribution in [1.29, 1.82) is 0 Å². The second-order valence-corrected chi connectivity index (χ2v) is 7.07. The van der Waals surface area contributed by atoms with Crippen LogP contribution in [0, 0.1) is 0 Å². The number of carbonyl (C=O) groups is 2. The van der Waals surface area contributed by atoms with Gasteiger partial charge < -0.3 is 10.6 Å². The summed E-state index contributed by atoms with van der Waals surface area (Å²) in [6, 6.07) is 17.6. The third kappa shape index (κ3) is 8.31. The maximum Gasteiger partial charge on any atom is 0.261 e. The molecule has 0 aromatic heterocycles. The van der Waals surface area contributed by atoms with E-state index >= 15 is 0 Å². The monoisotopic (exact) mass is 412 g/mol. The van der Waals surface area contributed by atoms with Gasteiger partial charge in [0.25, 0.3) is 11.8 Å². The highest BCUT2D eigenvalue weighted by molar-refractivity contribution is 7.80. The number of amides is 2. The van der Waals surface area contributed by atoms with Crippen LogP contribution in [0.4, 0.5) is 0 Å². The zero-order valence-corrected chi connectivity index (χ0v) is 17.4. The van der Waals surface area contributed by atoms with Gasteiger partial charge in [0.1, 0.15) is 6.04 Å². The van der Waals surface area contributed by atoms with Crippen LogP contribution in [0.3, 0.4) is 0 Å². The molecule has 0 aliphatic rings. The molecule has 2 aromatic carbocycles. The first-order valence-electron chi connectivity index (χ1n) is 9.83. The lowest BCUT2D eigenvalue weighted by Gasteiger charge is -2.20. The number of carbonyl (C=O) groups excluding carboxylic acids is 2. The fraction of sp³-hybridized carbons (Fsp3) is 0.318. The van der Waals surface area contributed by atoms with Crippen LogP contribution >= 0.6 is 12.2 Å². The molecule has 29 heavy (non-hydrogen) atoms. The summed E-state index contributed by atoms with van der Waals surface area (Å²) in [5.41, 5.74) is 6.75. The van der Waals surface area contributed by atoms with Gasteiger partial charge in [0.05, 0.1) is 0 Å². The number of benzene rings is 2. The lowest BCUT2D eigenvalue weighted by Crippen LogP contribution is -2.55. The average molecular weight is 413 g/mol. The van der Waals surface area contributed by atoms with Crippen LogP contribution in [0.15, 0.2) is 60.7 Å². The van der Waals surface area contributed by atoms with E-state index in [1.165, 1.54) is 0 Å². The Hall–Kier alpha value is -2.93. The van der Waals surface area contributed by atoms with Crippen molar-refractivity contribution < 1.29 is 9.59 Å². The van der Waals surface area contributed by atoms with Crippen LogP contribution in [0.1, 0.15) is 42.1 Å².